The molecule has 1 amide bonds. The molecule has 0 spiro atoms. The number of amides is 1. The summed E-state index contributed by atoms with van der Waals surface area (Å²) in [6.45, 7) is 1.54. The van der Waals surface area contributed by atoms with Crippen LogP contribution in [0.2, 0.25) is 10.0 Å². The predicted octanol–water partition coefficient (Wildman–Crippen LogP) is 6.70. The van der Waals surface area contributed by atoms with Crippen molar-refractivity contribution < 1.29 is 4.79 Å². The van der Waals surface area contributed by atoms with E-state index in [4.69, 9.17) is 23.2 Å². The molecule has 0 N–H and O–H groups in total. The highest BCUT2D eigenvalue weighted by Gasteiger charge is 2.24. The van der Waals surface area contributed by atoms with E-state index in [-0.39, 0.29) is 5.91 Å². The van der Waals surface area contributed by atoms with Crippen molar-refractivity contribution in [3.8, 4) is 0 Å². The van der Waals surface area contributed by atoms with Crippen molar-refractivity contribution in [2.45, 2.75) is 29.4 Å². The second-order valence-corrected chi connectivity index (χ2v) is 9.20. The second kappa shape index (κ2) is 9.86. The fourth-order valence-electron chi connectivity index (χ4n) is 3.78. The van der Waals surface area contributed by atoms with Gasteiger partial charge in [-0.15, -0.1) is 11.8 Å². The van der Waals surface area contributed by atoms with Crippen molar-refractivity contribution >= 4 is 40.9 Å². The first kappa shape index (κ1) is 21.2. The predicted molar refractivity (Wildman–Crippen MR) is 125 cm³/mol. The lowest BCUT2D eigenvalue weighted by Crippen LogP contribution is -2.38. The normalized spacial score (nSPS) is 14.7. The zero-order chi connectivity index (χ0) is 20.9. The first-order chi connectivity index (χ1) is 14.6. The number of halogens is 2. The third-order valence-corrected chi connectivity index (χ3v) is 7.46. The molecular weight excluding hydrogens is 435 g/mol. The molecule has 2 aromatic carbocycles. The van der Waals surface area contributed by atoms with Crippen molar-refractivity contribution in [2.24, 2.45) is 0 Å². The first-order valence-corrected chi connectivity index (χ1v) is 11.7. The van der Waals surface area contributed by atoms with E-state index in [0.29, 0.717) is 27.3 Å². The maximum absolute atomic E-state index is 13.0. The summed E-state index contributed by atoms with van der Waals surface area (Å²) in [4.78, 5) is 20.1. The number of benzene rings is 2. The Morgan fingerprint density at radius 2 is 1.70 bits per heavy atom. The molecule has 0 atom stereocenters. The molecule has 1 saturated heterocycles. The Balaban J connectivity index is 1.38. The van der Waals surface area contributed by atoms with E-state index in [0.717, 1.165) is 36.4 Å². The summed E-state index contributed by atoms with van der Waals surface area (Å²) in [5, 5.41) is 1.27. The van der Waals surface area contributed by atoms with Crippen LogP contribution < -0.4 is 0 Å². The van der Waals surface area contributed by atoms with Crippen LogP contribution >= 0.6 is 35.0 Å². The summed E-state index contributed by atoms with van der Waals surface area (Å²) >= 11 is 14.1. The first-order valence-electron chi connectivity index (χ1n) is 9.97. The Morgan fingerprint density at radius 1 is 1.00 bits per heavy atom. The van der Waals surface area contributed by atoms with E-state index in [1.54, 1.807) is 24.2 Å². The van der Waals surface area contributed by atoms with Gasteiger partial charge in [0.15, 0.2) is 0 Å². The van der Waals surface area contributed by atoms with Crippen LogP contribution in [0, 0.1) is 0 Å². The van der Waals surface area contributed by atoms with Gasteiger partial charge in [0.2, 0.25) is 0 Å². The van der Waals surface area contributed by atoms with Gasteiger partial charge >= 0.3 is 0 Å². The lowest BCUT2D eigenvalue weighted by Gasteiger charge is -2.32. The molecule has 3 aromatic rings. The number of hydrogen-bond donors (Lipinski definition) is 0. The van der Waals surface area contributed by atoms with Crippen LogP contribution in [0.25, 0.3) is 0 Å². The molecule has 2 heterocycles. The minimum Gasteiger partial charge on any atom is -0.339 e. The molecule has 4 rings (SSSR count). The third-order valence-electron chi connectivity index (χ3n) is 5.40. The number of piperidine rings is 1. The summed E-state index contributed by atoms with van der Waals surface area (Å²) in [5.41, 5.74) is 2.97. The average molecular weight is 457 g/mol. The Morgan fingerprint density at radius 3 is 2.40 bits per heavy atom. The minimum atomic E-state index is 0.0524. The van der Waals surface area contributed by atoms with Gasteiger partial charge in [0, 0.05) is 36.1 Å². The molecule has 1 aromatic heterocycles. The number of carbonyl (C=O) groups excluding carboxylic acids is 1. The van der Waals surface area contributed by atoms with Crippen LogP contribution in [0.4, 0.5) is 0 Å². The number of thioether (sulfide) groups is 1. The SMILES string of the molecule is O=C(c1cncc(CSc2c(Cl)cccc2Cl)c1)N1CCC(c2ccccc2)CC1. The average Bonchev–Trinajstić information content (AvgIpc) is 2.79. The molecule has 154 valence electrons. The van der Waals surface area contributed by atoms with Gasteiger partial charge in [-0.05, 0) is 48.1 Å². The maximum atomic E-state index is 13.0. The van der Waals surface area contributed by atoms with Gasteiger partial charge in [0.05, 0.1) is 15.6 Å². The summed E-state index contributed by atoms with van der Waals surface area (Å²) in [7, 11) is 0. The molecule has 1 aliphatic rings. The van der Waals surface area contributed by atoms with Crippen LogP contribution in [-0.2, 0) is 5.75 Å². The van der Waals surface area contributed by atoms with Crippen LogP contribution in [0.5, 0.6) is 0 Å². The van der Waals surface area contributed by atoms with Gasteiger partial charge in [0.25, 0.3) is 5.91 Å². The third kappa shape index (κ3) is 5.00. The van der Waals surface area contributed by atoms with E-state index in [9.17, 15) is 4.79 Å². The van der Waals surface area contributed by atoms with Gasteiger partial charge in [-0.1, -0.05) is 59.6 Å². The summed E-state index contributed by atoms with van der Waals surface area (Å²) < 4.78 is 0. The number of likely N-dealkylation sites (tertiary alicyclic amines) is 1. The van der Waals surface area contributed by atoms with E-state index >= 15 is 0 Å². The fraction of sp³-hybridized carbons (Fsp3) is 0.250. The number of rotatable bonds is 5. The van der Waals surface area contributed by atoms with E-state index in [1.807, 2.05) is 35.2 Å². The van der Waals surface area contributed by atoms with Crippen molar-refractivity contribution in [3.63, 3.8) is 0 Å². The van der Waals surface area contributed by atoms with Crippen LogP contribution in [0.3, 0.4) is 0 Å². The van der Waals surface area contributed by atoms with Crippen molar-refractivity contribution in [1.82, 2.24) is 9.88 Å². The highest BCUT2D eigenvalue weighted by molar-refractivity contribution is 7.98. The van der Waals surface area contributed by atoms with Gasteiger partial charge in [-0.2, -0.15) is 0 Å². The maximum Gasteiger partial charge on any atom is 0.255 e. The molecule has 0 bridgehead atoms. The van der Waals surface area contributed by atoms with Crippen LogP contribution in [0.15, 0.2) is 71.9 Å². The molecule has 0 radical (unpaired) electrons. The molecule has 0 aliphatic carbocycles. The Kier molecular flexibility index (Phi) is 6.98. The molecule has 0 unspecified atom stereocenters. The fourth-order valence-corrected chi connectivity index (χ4v) is 5.39. The molecule has 6 heteroatoms. The zero-order valence-electron chi connectivity index (χ0n) is 16.4. The van der Waals surface area contributed by atoms with Gasteiger partial charge in [-0.3, -0.25) is 9.78 Å². The highest BCUT2D eigenvalue weighted by atomic mass is 35.5. The minimum absolute atomic E-state index is 0.0524. The van der Waals surface area contributed by atoms with E-state index < -0.39 is 0 Å². The van der Waals surface area contributed by atoms with E-state index in [2.05, 4.69) is 29.2 Å². The number of pyridine rings is 1. The van der Waals surface area contributed by atoms with Crippen LogP contribution in [0.1, 0.15) is 40.2 Å². The van der Waals surface area contributed by atoms with Crippen molar-refractivity contribution in [3.05, 3.63) is 93.7 Å². The number of nitrogens with zero attached hydrogens (tertiary/aromatic N) is 2. The van der Waals surface area contributed by atoms with Gasteiger partial charge in [-0.25, -0.2) is 0 Å². The summed E-state index contributed by atoms with van der Waals surface area (Å²) in [5.74, 6) is 1.22. The standard InChI is InChI=1S/C24H22Cl2N2OS/c25-21-7-4-8-22(26)23(21)30-16-17-13-20(15-27-14-17)24(29)28-11-9-19(10-12-28)18-5-2-1-3-6-18/h1-8,13-15,19H,9-12,16H2. The lowest BCUT2D eigenvalue weighted by atomic mass is 9.89. The van der Waals surface area contributed by atoms with Gasteiger partial charge in [0.1, 0.15) is 0 Å². The number of aromatic nitrogens is 1. The highest BCUT2D eigenvalue weighted by Crippen LogP contribution is 2.35. The molecule has 1 fully saturated rings. The molecular formula is C24H22Cl2N2OS. The summed E-state index contributed by atoms with van der Waals surface area (Å²) in [6, 6.07) is 18.0. The topological polar surface area (TPSA) is 33.2 Å². The zero-order valence-corrected chi connectivity index (χ0v) is 18.8. The molecule has 1 aliphatic heterocycles. The monoisotopic (exact) mass is 456 g/mol. The molecule has 3 nitrogen and oxygen atoms in total. The second-order valence-electron chi connectivity index (χ2n) is 7.40. The van der Waals surface area contributed by atoms with Crippen molar-refractivity contribution in [2.75, 3.05) is 13.1 Å². The summed E-state index contributed by atoms with van der Waals surface area (Å²) in [6.07, 6.45) is 5.42. The van der Waals surface area contributed by atoms with Crippen molar-refractivity contribution in [1.29, 1.82) is 0 Å². The Bertz CT molecular complexity index is 1000. The lowest BCUT2D eigenvalue weighted by molar-refractivity contribution is 0.0712. The van der Waals surface area contributed by atoms with Crippen LogP contribution in [-0.4, -0.2) is 28.9 Å². The van der Waals surface area contributed by atoms with Gasteiger partial charge < -0.3 is 4.90 Å². The largest absolute Gasteiger partial charge is 0.339 e. The number of carbonyl (C=O) groups is 1. The number of hydrogen-bond acceptors (Lipinski definition) is 3. The Labute approximate surface area is 191 Å². The molecule has 0 saturated carbocycles. The molecule has 30 heavy (non-hydrogen) atoms. The quantitative estimate of drug-likeness (QED) is 0.400. The Hall–Kier alpha value is -2.01. The van der Waals surface area contributed by atoms with E-state index in [1.165, 1.54) is 5.56 Å². The smallest absolute Gasteiger partial charge is 0.255 e.